The highest BCUT2D eigenvalue weighted by Gasteiger charge is 2.51. The maximum Gasteiger partial charge on any atom is 0.266 e. The van der Waals surface area contributed by atoms with E-state index in [2.05, 4.69) is 15.5 Å². The van der Waals surface area contributed by atoms with Crippen molar-refractivity contribution in [3.8, 4) is 11.5 Å². The van der Waals surface area contributed by atoms with Gasteiger partial charge in [0.1, 0.15) is 0 Å². The molecule has 2 aliphatic rings. The van der Waals surface area contributed by atoms with E-state index in [0.717, 1.165) is 5.56 Å². The molecule has 1 atom stereocenters. The lowest BCUT2D eigenvalue weighted by molar-refractivity contribution is -0.127. The number of imide groups is 1. The number of anilines is 1. The molecule has 22 heavy (non-hydrogen) atoms. The summed E-state index contributed by atoms with van der Waals surface area (Å²) < 4.78 is 5.29. The average molecular weight is 298 g/mol. The van der Waals surface area contributed by atoms with E-state index in [4.69, 9.17) is 4.52 Å². The molecule has 1 spiro atoms. The van der Waals surface area contributed by atoms with E-state index < -0.39 is 5.41 Å². The van der Waals surface area contributed by atoms with Gasteiger partial charge in [0.15, 0.2) is 0 Å². The Hall–Kier alpha value is -2.70. The maximum atomic E-state index is 12.0. The van der Waals surface area contributed by atoms with E-state index in [1.165, 1.54) is 0 Å². The summed E-state index contributed by atoms with van der Waals surface area (Å²) in [5, 5.41) is 6.38. The molecule has 112 valence electrons. The van der Waals surface area contributed by atoms with Crippen LogP contribution in [0.25, 0.3) is 11.5 Å². The molecule has 0 aliphatic carbocycles. The van der Waals surface area contributed by atoms with Gasteiger partial charge >= 0.3 is 0 Å². The van der Waals surface area contributed by atoms with Crippen molar-refractivity contribution < 1.29 is 14.1 Å². The number of aromatic nitrogens is 2. The van der Waals surface area contributed by atoms with E-state index >= 15 is 0 Å². The van der Waals surface area contributed by atoms with Crippen LogP contribution in [0.1, 0.15) is 12.8 Å². The molecule has 0 saturated carbocycles. The SMILES string of the molecule is O=C1CC2(CCN(c3noc(-c4ccccc4)n3)C2)C(=O)N1. The van der Waals surface area contributed by atoms with Crippen molar-refractivity contribution in [2.24, 2.45) is 5.41 Å². The van der Waals surface area contributed by atoms with E-state index in [9.17, 15) is 9.59 Å². The highest BCUT2D eigenvalue weighted by Crippen LogP contribution is 2.39. The average Bonchev–Trinajstić information content (AvgIpc) is 3.20. The summed E-state index contributed by atoms with van der Waals surface area (Å²) in [6, 6.07) is 9.51. The zero-order valence-corrected chi connectivity index (χ0v) is 11.8. The van der Waals surface area contributed by atoms with Gasteiger partial charge in [0.2, 0.25) is 11.8 Å². The second-order valence-corrected chi connectivity index (χ2v) is 5.77. The first-order valence-corrected chi connectivity index (χ1v) is 7.15. The Kier molecular flexibility index (Phi) is 2.75. The molecular weight excluding hydrogens is 284 g/mol. The van der Waals surface area contributed by atoms with E-state index in [0.29, 0.717) is 31.3 Å². The minimum atomic E-state index is -0.634. The van der Waals surface area contributed by atoms with Crippen LogP contribution in [0, 0.1) is 5.41 Å². The Morgan fingerprint density at radius 2 is 2.05 bits per heavy atom. The van der Waals surface area contributed by atoms with Crippen LogP contribution in [0.2, 0.25) is 0 Å². The minimum Gasteiger partial charge on any atom is -0.337 e. The van der Waals surface area contributed by atoms with Gasteiger partial charge in [-0.2, -0.15) is 4.98 Å². The number of rotatable bonds is 2. The second-order valence-electron chi connectivity index (χ2n) is 5.77. The Morgan fingerprint density at radius 3 is 2.77 bits per heavy atom. The first kappa shape index (κ1) is 13.0. The monoisotopic (exact) mass is 298 g/mol. The van der Waals surface area contributed by atoms with E-state index in [-0.39, 0.29) is 18.2 Å². The molecule has 2 aromatic rings. The van der Waals surface area contributed by atoms with Gasteiger partial charge < -0.3 is 9.42 Å². The van der Waals surface area contributed by atoms with Gasteiger partial charge in [-0.3, -0.25) is 14.9 Å². The molecule has 1 aromatic heterocycles. The Morgan fingerprint density at radius 1 is 1.23 bits per heavy atom. The first-order chi connectivity index (χ1) is 10.7. The molecule has 1 aromatic carbocycles. The largest absolute Gasteiger partial charge is 0.337 e. The Bertz CT molecular complexity index is 742. The topological polar surface area (TPSA) is 88.3 Å². The van der Waals surface area contributed by atoms with Crippen molar-refractivity contribution in [2.75, 3.05) is 18.0 Å². The predicted octanol–water partition coefficient (Wildman–Crippen LogP) is 0.980. The molecule has 0 bridgehead atoms. The number of hydrogen-bond acceptors (Lipinski definition) is 6. The number of carbonyl (C=O) groups excluding carboxylic acids is 2. The molecule has 3 heterocycles. The molecule has 7 heteroatoms. The van der Waals surface area contributed by atoms with Crippen molar-refractivity contribution >= 4 is 17.8 Å². The summed E-state index contributed by atoms with van der Waals surface area (Å²) in [7, 11) is 0. The molecule has 2 saturated heterocycles. The molecule has 7 nitrogen and oxygen atoms in total. The molecular formula is C15H14N4O3. The minimum absolute atomic E-state index is 0.188. The molecule has 2 fully saturated rings. The van der Waals surface area contributed by atoms with Crippen molar-refractivity contribution in [3.63, 3.8) is 0 Å². The number of hydrogen-bond donors (Lipinski definition) is 1. The summed E-state index contributed by atoms with van der Waals surface area (Å²) in [5.74, 6) is 0.517. The van der Waals surface area contributed by atoms with Gasteiger partial charge in [0.25, 0.3) is 11.8 Å². The summed E-state index contributed by atoms with van der Waals surface area (Å²) in [4.78, 5) is 29.7. The highest BCUT2D eigenvalue weighted by molar-refractivity contribution is 6.06. The van der Waals surface area contributed by atoms with Crippen molar-refractivity contribution in [2.45, 2.75) is 12.8 Å². The highest BCUT2D eigenvalue weighted by atomic mass is 16.5. The lowest BCUT2D eigenvalue weighted by Gasteiger charge is -2.18. The third-order valence-electron chi connectivity index (χ3n) is 4.31. The molecule has 2 amide bonds. The fourth-order valence-corrected chi connectivity index (χ4v) is 3.11. The van der Waals surface area contributed by atoms with Crippen LogP contribution < -0.4 is 10.2 Å². The number of benzene rings is 1. The van der Waals surface area contributed by atoms with Gasteiger partial charge in [-0.1, -0.05) is 18.2 Å². The van der Waals surface area contributed by atoms with Gasteiger partial charge in [-0.15, -0.1) is 0 Å². The lowest BCUT2D eigenvalue weighted by Crippen LogP contribution is -2.34. The molecule has 2 aliphatic heterocycles. The Labute approximate surface area is 126 Å². The van der Waals surface area contributed by atoms with Gasteiger partial charge in [0.05, 0.1) is 5.41 Å². The zero-order chi connectivity index (χ0) is 15.2. The number of nitrogens with one attached hydrogen (secondary N) is 1. The number of nitrogens with zero attached hydrogens (tertiary/aromatic N) is 3. The fraction of sp³-hybridized carbons (Fsp3) is 0.333. The quantitative estimate of drug-likeness (QED) is 0.831. The molecule has 1 unspecified atom stereocenters. The van der Waals surface area contributed by atoms with E-state index in [1.54, 1.807) is 0 Å². The smallest absolute Gasteiger partial charge is 0.266 e. The van der Waals surface area contributed by atoms with Crippen LogP contribution in [-0.4, -0.2) is 35.0 Å². The van der Waals surface area contributed by atoms with Crippen LogP contribution >= 0.6 is 0 Å². The zero-order valence-electron chi connectivity index (χ0n) is 11.8. The molecule has 1 N–H and O–H groups in total. The summed E-state index contributed by atoms with van der Waals surface area (Å²) in [5.41, 5.74) is 0.217. The predicted molar refractivity (Wildman–Crippen MR) is 76.8 cm³/mol. The van der Waals surface area contributed by atoms with Crippen molar-refractivity contribution in [1.29, 1.82) is 0 Å². The van der Waals surface area contributed by atoms with Crippen LogP contribution in [-0.2, 0) is 9.59 Å². The summed E-state index contributed by atoms with van der Waals surface area (Å²) in [6.07, 6.45) is 0.867. The van der Waals surface area contributed by atoms with Crippen LogP contribution in [0.15, 0.2) is 34.9 Å². The molecule has 0 radical (unpaired) electrons. The first-order valence-electron chi connectivity index (χ1n) is 7.15. The summed E-state index contributed by atoms with van der Waals surface area (Å²) >= 11 is 0. The van der Waals surface area contributed by atoms with Crippen LogP contribution in [0.4, 0.5) is 5.95 Å². The van der Waals surface area contributed by atoms with Gasteiger partial charge in [0, 0.05) is 25.1 Å². The van der Waals surface area contributed by atoms with Crippen molar-refractivity contribution in [1.82, 2.24) is 15.5 Å². The maximum absolute atomic E-state index is 12.0. The third-order valence-corrected chi connectivity index (χ3v) is 4.31. The summed E-state index contributed by atoms with van der Waals surface area (Å²) in [6.45, 7) is 1.08. The van der Waals surface area contributed by atoms with Crippen LogP contribution in [0.5, 0.6) is 0 Å². The number of amides is 2. The third kappa shape index (κ3) is 1.97. The standard InChI is InChI=1S/C15H14N4O3/c20-11-8-15(13(21)16-11)6-7-19(9-15)14-17-12(22-18-14)10-4-2-1-3-5-10/h1-5H,6-9H2,(H,16,20,21). The van der Waals surface area contributed by atoms with Crippen LogP contribution in [0.3, 0.4) is 0 Å². The van der Waals surface area contributed by atoms with Gasteiger partial charge in [-0.25, -0.2) is 0 Å². The Balaban J connectivity index is 1.56. The normalized spacial score (nSPS) is 24.3. The van der Waals surface area contributed by atoms with Gasteiger partial charge in [-0.05, 0) is 23.7 Å². The van der Waals surface area contributed by atoms with Crippen molar-refractivity contribution in [3.05, 3.63) is 30.3 Å². The van der Waals surface area contributed by atoms with E-state index in [1.807, 2.05) is 35.2 Å². The number of carbonyl (C=O) groups is 2. The second kappa shape index (κ2) is 4.66. The lowest BCUT2D eigenvalue weighted by atomic mass is 9.85. The molecule has 4 rings (SSSR count). The fourth-order valence-electron chi connectivity index (χ4n) is 3.11.